The van der Waals surface area contributed by atoms with E-state index in [9.17, 15) is 13.6 Å². The van der Waals surface area contributed by atoms with Crippen molar-refractivity contribution in [1.29, 1.82) is 0 Å². The molecule has 6 nitrogen and oxygen atoms in total. The molecule has 0 aliphatic rings. The Hall–Kier alpha value is -1.87. The monoisotopic (exact) mass is 317 g/mol. The van der Waals surface area contributed by atoms with Crippen LogP contribution in [-0.2, 0) is 0 Å². The highest BCUT2D eigenvalue weighted by Gasteiger charge is 2.22. The molecule has 21 heavy (non-hydrogen) atoms. The number of aromatic nitrogens is 2. The van der Waals surface area contributed by atoms with E-state index < -0.39 is 18.9 Å². The Morgan fingerprint density at radius 2 is 2.19 bits per heavy atom. The van der Waals surface area contributed by atoms with Crippen molar-refractivity contribution in [3.8, 4) is 0 Å². The van der Waals surface area contributed by atoms with Gasteiger partial charge in [0.1, 0.15) is 21.9 Å². The van der Waals surface area contributed by atoms with Crippen LogP contribution >= 0.6 is 11.3 Å². The minimum atomic E-state index is -2.60. The molecule has 2 heterocycles. The van der Waals surface area contributed by atoms with Gasteiger partial charge in [-0.3, -0.25) is 0 Å². The van der Waals surface area contributed by atoms with Gasteiger partial charge >= 0.3 is 5.97 Å². The van der Waals surface area contributed by atoms with Crippen molar-refractivity contribution in [1.82, 2.24) is 9.97 Å². The van der Waals surface area contributed by atoms with Crippen LogP contribution in [0.4, 0.5) is 14.6 Å². The van der Waals surface area contributed by atoms with Crippen LogP contribution in [0.25, 0.3) is 10.2 Å². The van der Waals surface area contributed by atoms with Crippen LogP contribution in [0.1, 0.15) is 15.2 Å². The number of aliphatic hydroxyl groups is 1. The van der Waals surface area contributed by atoms with Crippen molar-refractivity contribution in [2.24, 2.45) is 0 Å². The molecule has 0 saturated carbocycles. The number of carbonyl (C=O) groups is 1. The molecule has 0 bridgehead atoms. The van der Waals surface area contributed by atoms with Gasteiger partial charge < -0.3 is 15.1 Å². The highest BCUT2D eigenvalue weighted by molar-refractivity contribution is 7.20. The molecule has 0 spiro atoms. The summed E-state index contributed by atoms with van der Waals surface area (Å²) in [6, 6.07) is 0. The van der Waals surface area contributed by atoms with Gasteiger partial charge in [-0.2, -0.15) is 0 Å². The van der Waals surface area contributed by atoms with Crippen molar-refractivity contribution < 1.29 is 23.8 Å². The number of halogens is 2. The number of aryl methyl sites for hydroxylation is 1. The summed E-state index contributed by atoms with van der Waals surface area (Å²) >= 11 is 0.973. The maximum absolute atomic E-state index is 12.7. The van der Waals surface area contributed by atoms with Gasteiger partial charge in [0.05, 0.1) is 18.5 Å². The van der Waals surface area contributed by atoms with Crippen molar-refractivity contribution in [2.75, 3.05) is 24.6 Å². The molecule has 2 N–H and O–H groups in total. The molecule has 0 saturated heterocycles. The number of fused-ring (bicyclic) bond motifs is 1. The van der Waals surface area contributed by atoms with E-state index in [1.54, 1.807) is 6.92 Å². The number of carboxylic acid groups (broad SMARTS) is 1. The Balaban J connectivity index is 2.59. The first-order chi connectivity index (χ1) is 9.95. The summed E-state index contributed by atoms with van der Waals surface area (Å²) < 4.78 is 25.3. The Morgan fingerprint density at radius 1 is 1.48 bits per heavy atom. The van der Waals surface area contributed by atoms with E-state index in [1.807, 2.05) is 0 Å². The summed E-state index contributed by atoms with van der Waals surface area (Å²) in [7, 11) is 0. The van der Waals surface area contributed by atoms with E-state index in [4.69, 9.17) is 10.2 Å². The number of hydrogen-bond donors (Lipinski definition) is 2. The molecule has 0 aromatic carbocycles. The van der Waals surface area contributed by atoms with Crippen molar-refractivity contribution >= 4 is 33.3 Å². The predicted molar refractivity (Wildman–Crippen MR) is 74.4 cm³/mol. The molecule has 0 fully saturated rings. The third kappa shape index (κ3) is 3.08. The molecule has 0 aliphatic carbocycles. The predicted octanol–water partition coefficient (Wildman–Crippen LogP) is 1.76. The number of hydrogen-bond acceptors (Lipinski definition) is 6. The normalized spacial score (nSPS) is 11.3. The van der Waals surface area contributed by atoms with Gasteiger partial charge in [-0.05, 0) is 12.5 Å². The summed E-state index contributed by atoms with van der Waals surface area (Å²) in [6.45, 7) is 0.667. The Bertz CT molecular complexity index is 662. The van der Waals surface area contributed by atoms with Crippen LogP contribution in [0.2, 0.25) is 0 Å². The molecular formula is C12H13F2N3O3S. The standard InChI is InChI=1S/C12H13F2N3O3S/c1-6-8-10(17(2-3-18)4-7(13)14)15-5-16-11(8)21-9(6)12(19)20/h5,7,18H,2-4H2,1H3,(H,19,20). The fraction of sp³-hybridized carbons (Fsp3) is 0.417. The van der Waals surface area contributed by atoms with Crippen molar-refractivity contribution in [2.45, 2.75) is 13.3 Å². The van der Waals surface area contributed by atoms with E-state index in [-0.39, 0.29) is 23.8 Å². The molecule has 2 rings (SSSR count). The largest absolute Gasteiger partial charge is 0.477 e. The first-order valence-electron chi connectivity index (χ1n) is 6.07. The number of thiophene rings is 1. The lowest BCUT2D eigenvalue weighted by molar-refractivity contribution is 0.0701. The number of anilines is 1. The summed E-state index contributed by atoms with van der Waals surface area (Å²) in [5, 5.41) is 18.6. The van der Waals surface area contributed by atoms with Crippen molar-refractivity contribution in [3.05, 3.63) is 16.8 Å². The molecule has 0 unspecified atom stereocenters. The van der Waals surface area contributed by atoms with Crippen LogP contribution in [-0.4, -0.2) is 52.3 Å². The van der Waals surface area contributed by atoms with E-state index in [1.165, 1.54) is 11.2 Å². The molecule has 0 aliphatic heterocycles. The highest BCUT2D eigenvalue weighted by Crippen LogP contribution is 2.34. The average molecular weight is 317 g/mol. The van der Waals surface area contributed by atoms with E-state index in [2.05, 4.69) is 9.97 Å². The number of alkyl halides is 2. The molecule has 0 radical (unpaired) electrons. The van der Waals surface area contributed by atoms with Gasteiger partial charge in [0.25, 0.3) is 6.43 Å². The fourth-order valence-electron chi connectivity index (χ4n) is 2.07. The third-order valence-electron chi connectivity index (χ3n) is 2.93. The minimum absolute atomic E-state index is 0.0197. The van der Waals surface area contributed by atoms with Crippen LogP contribution in [0.3, 0.4) is 0 Å². The molecule has 0 amide bonds. The first-order valence-corrected chi connectivity index (χ1v) is 6.88. The Kier molecular flexibility index (Phi) is 4.63. The lowest BCUT2D eigenvalue weighted by atomic mass is 10.2. The minimum Gasteiger partial charge on any atom is -0.477 e. The van der Waals surface area contributed by atoms with Crippen LogP contribution in [0, 0.1) is 6.92 Å². The van der Waals surface area contributed by atoms with E-state index in [0.29, 0.717) is 15.8 Å². The SMILES string of the molecule is Cc1c(C(=O)O)sc2ncnc(N(CCO)CC(F)F)c12. The first kappa shape index (κ1) is 15.5. The summed E-state index contributed by atoms with van der Waals surface area (Å²) in [5.41, 5.74) is 0.440. The number of carboxylic acids is 1. The lowest BCUT2D eigenvalue weighted by Crippen LogP contribution is -2.32. The van der Waals surface area contributed by atoms with Gasteiger partial charge in [0.2, 0.25) is 0 Å². The van der Waals surface area contributed by atoms with Crippen molar-refractivity contribution in [3.63, 3.8) is 0 Å². The zero-order valence-corrected chi connectivity index (χ0v) is 11.9. The smallest absolute Gasteiger partial charge is 0.346 e. The summed E-state index contributed by atoms with van der Waals surface area (Å²) in [5.74, 6) is -0.875. The summed E-state index contributed by atoms with van der Waals surface area (Å²) in [6.07, 6.45) is -1.39. The van der Waals surface area contributed by atoms with Gasteiger partial charge in [-0.15, -0.1) is 11.3 Å². The van der Waals surface area contributed by atoms with E-state index >= 15 is 0 Å². The maximum Gasteiger partial charge on any atom is 0.346 e. The Morgan fingerprint density at radius 3 is 2.76 bits per heavy atom. The third-order valence-corrected chi connectivity index (χ3v) is 4.12. The maximum atomic E-state index is 12.7. The number of nitrogens with zero attached hydrogens (tertiary/aromatic N) is 3. The topological polar surface area (TPSA) is 86.5 Å². The van der Waals surface area contributed by atoms with Gasteiger partial charge in [-0.1, -0.05) is 0 Å². The highest BCUT2D eigenvalue weighted by atomic mass is 32.1. The molecule has 2 aromatic rings. The lowest BCUT2D eigenvalue weighted by Gasteiger charge is -2.23. The second kappa shape index (κ2) is 6.27. The van der Waals surface area contributed by atoms with Crippen LogP contribution in [0.5, 0.6) is 0 Å². The van der Waals surface area contributed by atoms with Gasteiger partial charge in [-0.25, -0.2) is 23.5 Å². The van der Waals surface area contributed by atoms with Crippen LogP contribution < -0.4 is 4.90 Å². The average Bonchev–Trinajstić information content (AvgIpc) is 2.75. The molecule has 0 atom stereocenters. The van der Waals surface area contributed by atoms with Gasteiger partial charge in [0.15, 0.2) is 0 Å². The van der Waals surface area contributed by atoms with E-state index in [0.717, 1.165) is 11.3 Å². The summed E-state index contributed by atoms with van der Waals surface area (Å²) in [4.78, 5) is 20.9. The number of aromatic carboxylic acids is 1. The molecule has 2 aromatic heterocycles. The molecular weight excluding hydrogens is 304 g/mol. The quantitative estimate of drug-likeness (QED) is 0.844. The zero-order valence-electron chi connectivity index (χ0n) is 11.1. The number of rotatable bonds is 6. The second-order valence-electron chi connectivity index (χ2n) is 4.30. The van der Waals surface area contributed by atoms with Gasteiger partial charge in [0, 0.05) is 6.54 Å². The fourth-order valence-corrected chi connectivity index (χ4v) is 3.05. The van der Waals surface area contributed by atoms with Crippen LogP contribution in [0.15, 0.2) is 6.33 Å². The second-order valence-corrected chi connectivity index (χ2v) is 5.30. The molecule has 9 heteroatoms. The number of aliphatic hydroxyl groups excluding tert-OH is 1. The molecule has 114 valence electrons. The zero-order chi connectivity index (χ0) is 15.6. The Labute approximate surface area is 122 Å².